The van der Waals surface area contributed by atoms with Gasteiger partial charge in [-0.05, 0) is 18.8 Å². The van der Waals surface area contributed by atoms with Crippen LogP contribution >= 0.6 is 23.5 Å². The van der Waals surface area contributed by atoms with E-state index in [9.17, 15) is 18.6 Å². The molecule has 0 aliphatic carbocycles. The monoisotopic (exact) mass is 384 g/mol. The van der Waals surface area contributed by atoms with Gasteiger partial charge >= 0.3 is 23.5 Å². The second kappa shape index (κ2) is 6.70. The highest BCUT2D eigenvalue weighted by Crippen LogP contribution is 2.66. The van der Waals surface area contributed by atoms with E-state index in [-0.39, 0.29) is 11.5 Å². The summed E-state index contributed by atoms with van der Waals surface area (Å²) < 4.78 is 50.3. The molecule has 0 bridgehead atoms. The summed E-state index contributed by atoms with van der Waals surface area (Å²) in [5, 5.41) is 0. The summed E-state index contributed by atoms with van der Waals surface area (Å²) in [6.07, 6.45) is -0.138. The maximum atomic E-state index is 11.5. The van der Waals surface area contributed by atoms with Gasteiger partial charge in [-0.1, -0.05) is 13.8 Å². The zero-order valence-electron chi connectivity index (χ0n) is 12.1. The van der Waals surface area contributed by atoms with Crippen LogP contribution in [0.4, 0.5) is 0 Å². The van der Waals surface area contributed by atoms with Gasteiger partial charge in [-0.15, -0.1) is 0 Å². The fourth-order valence-electron chi connectivity index (χ4n) is 1.85. The summed E-state index contributed by atoms with van der Waals surface area (Å²) in [7, 11) is -15.9. The molecule has 0 aromatic carbocycles. The molecule has 132 valence electrons. The molecule has 22 heavy (non-hydrogen) atoms. The van der Waals surface area contributed by atoms with Crippen molar-refractivity contribution in [3.63, 3.8) is 0 Å². The lowest BCUT2D eigenvalue weighted by atomic mass is 9.85. The first kappa shape index (κ1) is 20.4. The summed E-state index contributed by atoms with van der Waals surface area (Å²) in [6.45, 7) is 5.29. The maximum Gasteiger partial charge on any atom is 0.490 e. The minimum Gasteiger partial charge on any atom is -0.372 e. The Balaban J connectivity index is 2.57. The number of phosphoric acid groups is 3. The van der Waals surface area contributed by atoms with Gasteiger partial charge in [0.05, 0.1) is 18.8 Å². The molecule has 0 aromatic rings. The number of hydrogen-bond donors (Lipinski definition) is 4. The van der Waals surface area contributed by atoms with E-state index in [4.69, 9.17) is 19.4 Å². The molecule has 1 rings (SSSR count). The lowest BCUT2D eigenvalue weighted by molar-refractivity contribution is 0.00507. The van der Waals surface area contributed by atoms with E-state index >= 15 is 0 Å². The van der Waals surface area contributed by atoms with Crippen LogP contribution < -0.4 is 0 Å². The fourth-order valence-corrected chi connectivity index (χ4v) is 4.90. The van der Waals surface area contributed by atoms with Crippen molar-refractivity contribution < 1.29 is 51.2 Å². The quantitative estimate of drug-likeness (QED) is 0.470. The van der Waals surface area contributed by atoms with Gasteiger partial charge < -0.3 is 24.3 Å². The highest BCUT2D eigenvalue weighted by molar-refractivity contribution is 7.66. The van der Waals surface area contributed by atoms with Gasteiger partial charge in [0.25, 0.3) is 0 Å². The first-order valence-electron chi connectivity index (χ1n) is 6.06. The molecule has 14 heteroatoms. The summed E-state index contributed by atoms with van der Waals surface area (Å²) in [5.74, 6) is 0. The standard InChI is InChI=1S/C8H19O11P3/c1-6-8(2,3)4-7(17-6)5-16-21(12,13)19-22(14,15)18-20(9,10)11/h6-7H,4-5H2,1-3H3,(H,12,13)(H,14,15)(H2,9,10,11)/t6-,7-/m0/s1. The minimum atomic E-state index is -5.48. The second-order valence-electron chi connectivity index (χ2n) is 5.48. The van der Waals surface area contributed by atoms with E-state index in [2.05, 4.69) is 13.1 Å². The smallest absolute Gasteiger partial charge is 0.372 e. The Bertz CT molecular complexity index is 539. The Hall–Kier alpha value is 0.370. The van der Waals surface area contributed by atoms with Gasteiger partial charge in [-0.3, -0.25) is 4.52 Å². The Morgan fingerprint density at radius 2 is 1.64 bits per heavy atom. The number of hydrogen-bond acceptors (Lipinski definition) is 7. The second-order valence-corrected chi connectivity index (χ2v) is 9.90. The number of rotatable bonds is 7. The summed E-state index contributed by atoms with van der Waals surface area (Å²) >= 11 is 0. The Labute approximate surface area is 127 Å². The van der Waals surface area contributed by atoms with Crippen molar-refractivity contribution in [1.82, 2.24) is 0 Å². The molecule has 2 unspecified atom stereocenters. The molecule has 0 aromatic heterocycles. The van der Waals surface area contributed by atoms with Crippen LogP contribution in [0.1, 0.15) is 27.2 Å². The summed E-state index contributed by atoms with van der Waals surface area (Å²) in [4.78, 5) is 35.0. The Morgan fingerprint density at radius 3 is 2.05 bits per heavy atom. The molecular formula is C8H19O11P3. The van der Waals surface area contributed by atoms with E-state index in [1.54, 1.807) is 0 Å². The van der Waals surface area contributed by atoms with E-state index in [1.807, 2.05) is 20.8 Å². The molecule has 11 nitrogen and oxygen atoms in total. The third-order valence-electron chi connectivity index (χ3n) is 3.09. The van der Waals surface area contributed by atoms with Gasteiger partial charge in [0.15, 0.2) is 0 Å². The van der Waals surface area contributed by atoms with Crippen molar-refractivity contribution in [2.45, 2.75) is 39.4 Å². The van der Waals surface area contributed by atoms with E-state index in [0.717, 1.165) is 0 Å². The average molecular weight is 384 g/mol. The predicted octanol–water partition coefficient (Wildman–Crippen LogP) is 1.53. The normalized spacial score (nSPS) is 30.7. The first-order valence-corrected chi connectivity index (χ1v) is 10.6. The lowest BCUT2D eigenvalue weighted by Crippen LogP contribution is -2.19. The molecule has 1 heterocycles. The summed E-state index contributed by atoms with van der Waals surface area (Å²) in [5.41, 5.74) is -0.176. The van der Waals surface area contributed by atoms with Crippen molar-refractivity contribution in [3.8, 4) is 0 Å². The molecule has 1 fully saturated rings. The Kier molecular flexibility index (Phi) is 6.22. The van der Waals surface area contributed by atoms with Crippen LogP contribution in [0.3, 0.4) is 0 Å². The third kappa shape index (κ3) is 6.86. The highest BCUT2D eigenvalue weighted by atomic mass is 31.3. The van der Waals surface area contributed by atoms with Crippen molar-refractivity contribution in [2.24, 2.45) is 5.41 Å². The molecule has 0 amide bonds. The van der Waals surface area contributed by atoms with Crippen LogP contribution in [-0.4, -0.2) is 38.4 Å². The largest absolute Gasteiger partial charge is 0.490 e. The van der Waals surface area contributed by atoms with Crippen molar-refractivity contribution in [2.75, 3.05) is 6.61 Å². The zero-order chi connectivity index (χ0) is 17.4. The topological polar surface area (TPSA) is 169 Å². The van der Waals surface area contributed by atoms with Crippen molar-refractivity contribution in [1.29, 1.82) is 0 Å². The van der Waals surface area contributed by atoms with Crippen LogP contribution in [0.2, 0.25) is 0 Å². The molecule has 4 N–H and O–H groups in total. The van der Waals surface area contributed by atoms with Gasteiger partial charge in [-0.2, -0.15) is 8.62 Å². The molecular weight excluding hydrogens is 365 g/mol. The SMILES string of the molecule is C[C@@H]1O[C@H](COP(=O)(O)OP(=O)(O)OP(=O)(O)O)CC1(C)C. The van der Waals surface area contributed by atoms with Gasteiger partial charge in [0.2, 0.25) is 0 Å². The van der Waals surface area contributed by atoms with Crippen LogP contribution in [0.5, 0.6) is 0 Å². The summed E-state index contributed by atoms with van der Waals surface area (Å²) in [6, 6.07) is 0. The average Bonchev–Trinajstić information content (AvgIpc) is 2.44. The predicted molar refractivity (Wildman–Crippen MR) is 72.5 cm³/mol. The van der Waals surface area contributed by atoms with E-state index < -0.39 is 36.2 Å². The van der Waals surface area contributed by atoms with Crippen LogP contribution in [0.15, 0.2) is 0 Å². The van der Waals surface area contributed by atoms with Crippen LogP contribution in [0.25, 0.3) is 0 Å². The molecule has 0 radical (unpaired) electrons. The fraction of sp³-hybridized carbons (Fsp3) is 1.00. The molecule has 1 saturated heterocycles. The van der Waals surface area contributed by atoms with Gasteiger partial charge in [0.1, 0.15) is 0 Å². The van der Waals surface area contributed by atoms with E-state index in [1.165, 1.54) is 0 Å². The van der Waals surface area contributed by atoms with Gasteiger partial charge in [0, 0.05) is 0 Å². The van der Waals surface area contributed by atoms with Crippen LogP contribution in [0, 0.1) is 5.41 Å². The van der Waals surface area contributed by atoms with Crippen LogP contribution in [-0.2, 0) is 31.6 Å². The number of ether oxygens (including phenoxy) is 1. The Morgan fingerprint density at radius 1 is 1.09 bits per heavy atom. The molecule has 1 aliphatic rings. The van der Waals surface area contributed by atoms with Crippen molar-refractivity contribution in [3.05, 3.63) is 0 Å². The maximum absolute atomic E-state index is 11.5. The minimum absolute atomic E-state index is 0.123. The van der Waals surface area contributed by atoms with Gasteiger partial charge in [-0.25, -0.2) is 13.7 Å². The highest BCUT2D eigenvalue weighted by Gasteiger charge is 2.43. The first-order chi connectivity index (χ1) is 9.62. The molecule has 1 aliphatic heterocycles. The van der Waals surface area contributed by atoms with Crippen molar-refractivity contribution >= 4 is 23.5 Å². The molecule has 0 spiro atoms. The van der Waals surface area contributed by atoms with E-state index in [0.29, 0.717) is 6.42 Å². The molecule has 0 saturated carbocycles. The zero-order valence-corrected chi connectivity index (χ0v) is 14.7. The number of phosphoric ester groups is 1. The third-order valence-corrected chi connectivity index (χ3v) is 6.89. The molecule has 4 atom stereocenters. The lowest BCUT2D eigenvalue weighted by Gasteiger charge is -2.20.